The Morgan fingerprint density at radius 2 is 1.92 bits per heavy atom. The lowest BCUT2D eigenvalue weighted by Crippen LogP contribution is -2.12. The Labute approximate surface area is 148 Å². The number of nitrogens with zero attached hydrogens (tertiary/aromatic N) is 2. The Balaban J connectivity index is 2.20. The fourth-order valence-electron chi connectivity index (χ4n) is 1.84. The second kappa shape index (κ2) is 7.88. The number of primary sulfonamides is 1. The van der Waals surface area contributed by atoms with E-state index in [0.29, 0.717) is 5.03 Å². The number of halogens is 1. The molecule has 3 N–H and O–H groups in total. The topological polar surface area (TPSA) is 128 Å². The molecule has 0 radical (unpaired) electrons. The number of hydrazone groups is 1. The first kappa shape index (κ1) is 18.6. The summed E-state index contributed by atoms with van der Waals surface area (Å²) in [7, 11) is -4.05. The molecule has 0 atom stereocenters. The van der Waals surface area contributed by atoms with Crippen LogP contribution in [-0.4, -0.2) is 19.6 Å². The van der Waals surface area contributed by atoms with Gasteiger partial charge < -0.3 is 0 Å². The fraction of sp³-hybridized carbons (Fsp3) is 0. The predicted molar refractivity (Wildman–Crippen MR) is 96.9 cm³/mol. The molecule has 0 saturated carbocycles. The number of nitrogens with one attached hydrogen (secondary N) is 1. The highest BCUT2D eigenvalue weighted by Crippen LogP contribution is 2.27. The summed E-state index contributed by atoms with van der Waals surface area (Å²) in [6.07, 6.45) is 2.93. The van der Waals surface area contributed by atoms with Gasteiger partial charge in [-0.3, -0.25) is 15.5 Å². The van der Waals surface area contributed by atoms with Crippen LogP contribution in [0.5, 0.6) is 0 Å². The van der Waals surface area contributed by atoms with E-state index in [1.165, 1.54) is 12.3 Å². The van der Waals surface area contributed by atoms with Crippen molar-refractivity contribution in [2.75, 3.05) is 5.43 Å². The largest absolute Gasteiger partial charge is 0.295 e. The maximum Gasteiger partial charge on any atom is 0.295 e. The van der Waals surface area contributed by atoms with Crippen molar-refractivity contribution in [3.8, 4) is 0 Å². The second-order valence-corrected chi connectivity index (χ2v) is 6.79. The summed E-state index contributed by atoms with van der Waals surface area (Å²) in [6.45, 7) is 0. The summed E-state index contributed by atoms with van der Waals surface area (Å²) >= 11 is 6.01. The average Bonchev–Trinajstić information content (AvgIpc) is 2.54. The smallest absolute Gasteiger partial charge is 0.272 e. The van der Waals surface area contributed by atoms with Gasteiger partial charge in [0.25, 0.3) is 5.69 Å². The third kappa shape index (κ3) is 5.38. The first-order chi connectivity index (χ1) is 11.8. The quantitative estimate of drug-likeness (QED) is 0.452. The van der Waals surface area contributed by atoms with Gasteiger partial charge in [-0.15, -0.1) is 0 Å². The number of nitrogens with two attached hydrogens (primary N) is 1. The summed E-state index contributed by atoms with van der Waals surface area (Å²) in [6, 6.07) is 12.5. The minimum absolute atomic E-state index is 0.00201. The van der Waals surface area contributed by atoms with Crippen LogP contribution in [0.2, 0.25) is 0 Å². The Morgan fingerprint density at radius 3 is 2.52 bits per heavy atom. The van der Waals surface area contributed by atoms with E-state index in [9.17, 15) is 18.5 Å². The van der Waals surface area contributed by atoms with Crippen LogP contribution >= 0.6 is 11.6 Å². The average molecular weight is 381 g/mol. The minimum atomic E-state index is -4.05. The van der Waals surface area contributed by atoms with Crippen molar-refractivity contribution in [1.29, 1.82) is 0 Å². The zero-order valence-electron chi connectivity index (χ0n) is 12.7. The van der Waals surface area contributed by atoms with Gasteiger partial charge in [0.05, 0.1) is 21.1 Å². The molecule has 0 aliphatic heterocycles. The molecule has 0 aliphatic carbocycles. The highest BCUT2D eigenvalue weighted by atomic mass is 35.5. The molecule has 130 valence electrons. The number of sulfonamides is 1. The van der Waals surface area contributed by atoms with Gasteiger partial charge in [-0.1, -0.05) is 41.9 Å². The fourth-order valence-corrected chi connectivity index (χ4v) is 2.55. The first-order valence-corrected chi connectivity index (χ1v) is 8.72. The third-order valence-electron chi connectivity index (χ3n) is 2.97. The number of hydrogen-bond acceptors (Lipinski definition) is 6. The van der Waals surface area contributed by atoms with Crippen LogP contribution in [0.3, 0.4) is 0 Å². The molecule has 25 heavy (non-hydrogen) atoms. The van der Waals surface area contributed by atoms with Crippen molar-refractivity contribution in [1.82, 2.24) is 0 Å². The van der Waals surface area contributed by atoms with Crippen LogP contribution in [0.1, 0.15) is 5.56 Å². The SMILES string of the molecule is NS(=O)(=O)c1ccc(N/N=C\C(Cl)=C\c2ccccc2)c([N+](=O)[O-])c1. The van der Waals surface area contributed by atoms with Gasteiger partial charge in [-0.25, -0.2) is 13.6 Å². The summed E-state index contributed by atoms with van der Waals surface area (Å²) < 4.78 is 22.6. The summed E-state index contributed by atoms with van der Waals surface area (Å²) in [5.41, 5.74) is 2.84. The van der Waals surface area contributed by atoms with Gasteiger partial charge >= 0.3 is 0 Å². The monoisotopic (exact) mass is 380 g/mol. The van der Waals surface area contributed by atoms with Gasteiger partial charge in [-0.2, -0.15) is 5.10 Å². The summed E-state index contributed by atoms with van der Waals surface area (Å²) in [5, 5.41) is 20.1. The van der Waals surface area contributed by atoms with E-state index in [0.717, 1.165) is 17.7 Å². The Hall–Kier alpha value is -2.75. The number of allylic oxidation sites excluding steroid dienone is 1. The van der Waals surface area contributed by atoms with Crippen LogP contribution < -0.4 is 10.6 Å². The molecule has 2 aromatic carbocycles. The number of rotatable bonds is 6. The summed E-state index contributed by atoms with van der Waals surface area (Å²) in [4.78, 5) is 9.97. The molecule has 8 nitrogen and oxygen atoms in total. The van der Waals surface area contributed by atoms with Crippen molar-refractivity contribution >= 4 is 45.3 Å². The number of nitro groups is 1. The van der Waals surface area contributed by atoms with Crippen molar-refractivity contribution in [2.24, 2.45) is 10.2 Å². The van der Waals surface area contributed by atoms with Crippen molar-refractivity contribution in [3.63, 3.8) is 0 Å². The highest BCUT2D eigenvalue weighted by molar-refractivity contribution is 7.89. The zero-order valence-corrected chi connectivity index (χ0v) is 14.2. The molecule has 10 heteroatoms. The highest BCUT2D eigenvalue weighted by Gasteiger charge is 2.18. The predicted octanol–water partition coefficient (Wildman–Crippen LogP) is 2.92. The van der Waals surface area contributed by atoms with Gasteiger partial charge in [0.15, 0.2) is 0 Å². The van der Waals surface area contributed by atoms with E-state index >= 15 is 0 Å². The van der Waals surface area contributed by atoms with Crippen molar-refractivity contribution < 1.29 is 13.3 Å². The second-order valence-electron chi connectivity index (χ2n) is 4.79. The van der Waals surface area contributed by atoms with Gasteiger partial charge in [0.2, 0.25) is 10.0 Å². The number of hydrogen-bond donors (Lipinski definition) is 2. The maximum absolute atomic E-state index is 11.3. The number of benzene rings is 2. The van der Waals surface area contributed by atoms with E-state index in [2.05, 4.69) is 10.5 Å². The zero-order chi connectivity index (χ0) is 18.4. The molecule has 2 rings (SSSR count). The molecule has 2 aromatic rings. The van der Waals surface area contributed by atoms with Crippen molar-refractivity contribution in [2.45, 2.75) is 4.90 Å². The van der Waals surface area contributed by atoms with Gasteiger partial charge in [-0.05, 0) is 23.8 Å². The Bertz CT molecular complexity index is 943. The molecule has 0 saturated heterocycles. The molecule has 0 heterocycles. The number of nitro benzene ring substituents is 1. The van der Waals surface area contributed by atoms with Crippen LogP contribution in [0.4, 0.5) is 11.4 Å². The lowest BCUT2D eigenvalue weighted by atomic mass is 10.2. The Kier molecular flexibility index (Phi) is 5.86. The third-order valence-corrected chi connectivity index (χ3v) is 4.09. The maximum atomic E-state index is 11.3. The molecule has 0 unspecified atom stereocenters. The van der Waals surface area contributed by atoms with E-state index < -0.39 is 20.6 Å². The molecule has 0 spiro atoms. The minimum Gasteiger partial charge on any atom is -0.272 e. The van der Waals surface area contributed by atoms with Crippen LogP contribution in [-0.2, 0) is 10.0 Å². The molecule has 0 aromatic heterocycles. The van der Waals surface area contributed by atoms with E-state index in [4.69, 9.17) is 16.7 Å². The van der Waals surface area contributed by atoms with Crippen molar-refractivity contribution in [3.05, 3.63) is 69.2 Å². The molecule has 0 aliphatic rings. The standard InChI is InChI=1S/C15H13ClN4O4S/c16-12(8-11-4-2-1-3-5-11)10-18-19-14-7-6-13(25(17,23)24)9-15(14)20(21)22/h1-10,19H,(H2,17,23,24)/b12-8-,18-10-. The molecule has 0 fully saturated rings. The van der Waals surface area contributed by atoms with Crippen LogP contribution in [0, 0.1) is 10.1 Å². The first-order valence-electron chi connectivity index (χ1n) is 6.80. The van der Waals surface area contributed by atoms with Crippen LogP contribution in [0.15, 0.2) is 63.6 Å². The Morgan fingerprint density at radius 1 is 1.24 bits per heavy atom. The van der Waals surface area contributed by atoms with Gasteiger partial charge in [0, 0.05) is 6.07 Å². The normalized spacial score (nSPS) is 12.3. The van der Waals surface area contributed by atoms with Crippen LogP contribution in [0.25, 0.3) is 6.08 Å². The summed E-state index contributed by atoms with van der Waals surface area (Å²) in [5.74, 6) is 0. The lowest BCUT2D eigenvalue weighted by molar-refractivity contribution is -0.384. The van der Waals surface area contributed by atoms with E-state index in [1.807, 2.05) is 30.3 Å². The number of anilines is 1. The molecular weight excluding hydrogens is 368 g/mol. The van der Waals surface area contributed by atoms with Gasteiger partial charge in [0.1, 0.15) is 5.69 Å². The lowest BCUT2D eigenvalue weighted by Gasteiger charge is -2.04. The molecule has 0 bridgehead atoms. The van der Waals surface area contributed by atoms with E-state index in [1.54, 1.807) is 6.08 Å². The molecular formula is C15H13ClN4O4S. The van der Waals surface area contributed by atoms with E-state index in [-0.39, 0.29) is 10.6 Å². The molecule has 0 amide bonds.